The number of benzene rings is 1. The van der Waals surface area contributed by atoms with Gasteiger partial charge in [-0.2, -0.15) is 23.5 Å². The Kier molecular flexibility index (Phi) is 5.52. The normalized spacial score (nSPS) is 18.7. The molecule has 0 radical (unpaired) electrons. The van der Waals surface area contributed by atoms with Crippen LogP contribution in [0, 0.1) is 11.3 Å². The highest BCUT2D eigenvalue weighted by molar-refractivity contribution is 6.30. The molecule has 0 saturated carbocycles. The maximum atomic E-state index is 13.7. The molecule has 3 rings (SSSR count). The molecular weight excluding hydrogens is 395 g/mol. The number of rotatable bonds is 4. The Morgan fingerprint density at radius 3 is 2.71 bits per heavy atom. The molecule has 2 aromatic rings. The number of nitrogens with zero attached hydrogens (tertiary/aromatic N) is 4. The molecule has 0 fully saturated rings. The molecule has 0 spiro atoms. The molecule has 0 aliphatic carbocycles. The Morgan fingerprint density at radius 1 is 1.43 bits per heavy atom. The van der Waals surface area contributed by atoms with Crippen LogP contribution < -0.4 is 5.32 Å². The van der Waals surface area contributed by atoms with Crippen LogP contribution in [0.2, 0.25) is 5.02 Å². The van der Waals surface area contributed by atoms with Crippen molar-refractivity contribution in [3.8, 4) is 6.07 Å². The molecule has 2 unspecified atom stereocenters. The average Bonchev–Trinajstić information content (AvgIpc) is 3.08. The van der Waals surface area contributed by atoms with Crippen LogP contribution in [0.15, 0.2) is 30.3 Å². The minimum Gasteiger partial charge on any atom is -0.363 e. The van der Waals surface area contributed by atoms with Gasteiger partial charge in [0, 0.05) is 31.1 Å². The van der Waals surface area contributed by atoms with Crippen LogP contribution >= 0.6 is 11.6 Å². The molecule has 1 aromatic carbocycles. The van der Waals surface area contributed by atoms with Crippen molar-refractivity contribution < 1.29 is 18.0 Å². The Bertz CT molecular complexity index is 903. The highest BCUT2D eigenvalue weighted by Gasteiger charge is 2.46. The summed E-state index contributed by atoms with van der Waals surface area (Å²) in [5.74, 6) is -0.423. The number of nitrogens with one attached hydrogen (secondary N) is 1. The van der Waals surface area contributed by atoms with Crippen molar-refractivity contribution in [2.75, 3.05) is 18.9 Å². The Balaban J connectivity index is 1.93. The largest absolute Gasteiger partial charge is 0.410 e. The third-order valence-corrected chi connectivity index (χ3v) is 4.84. The first kappa shape index (κ1) is 20.0. The number of carbonyl (C=O) groups excluding carboxylic acids is 1. The number of amides is 1. The number of nitriles is 1. The molecule has 28 heavy (non-hydrogen) atoms. The number of hydrogen-bond acceptors (Lipinski definition) is 4. The first-order valence-corrected chi connectivity index (χ1v) is 8.89. The monoisotopic (exact) mass is 411 g/mol. The maximum Gasteiger partial charge on any atom is 0.410 e. The number of carbonyl (C=O) groups is 1. The molecule has 1 aliphatic heterocycles. The van der Waals surface area contributed by atoms with Crippen molar-refractivity contribution in [2.24, 2.45) is 0 Å². The smallest absolute Gasteiger partial charge is 0.363 e. The standard InChI is InChI=1S/C18H17ClF3N5O/c1-26(8-2-7-23)17(28)14-10-16-24-13(11-3-5-12(19)6-4-11)9-15(18(20,21)22)27(16)25-14/h3-6,10,13,15,24H,2,8-9H2,1H3. The highest BCUT2D eigenvalue weighted by atomic mass is 35.5. The van der Waals surface area contributed by atoms with Crippen molar-refractivity contribution in [1.82, 2.24) is 14.7 Å². The quantitative estimate of drug-likeness (QED) is 0.819. The zero-order valence-electron chi connectivity index (χ0n) is 14.9. The predicted molar refractivity (Wildman–Crippen MR) is 96.9 cm³/mol. The van der Waals surface area contributed by atoms with E-state index in [-0.39, 0.29) is 30.9 Å². The topological polar surface area (TPSA) is 74.0 Å². The lowest BCUT2D eigenvalue weighted by Gasteiger charge is -2.33. The second-order valence-corrected chi connectivity index (χ2v) is 6.97. The van der Waals surface area contributed by atoms with Gasteiger partial charge in [0.05, 0.1) is 18.5 Å². The van der Waals surface area contributed by atoms with Crippen molar-refractivity contribution in [2.45, 2.75) is 31.1 Å². The molecule has 1 aromatic heterocycles. The molecule has 2 atom stereocenters. The molecule has 6 nitrogen and oxygen atoms in total. The van der Waals surface area contributed by atoms with Gasteiger partial charge < -0.3 is 10.2 Å². The van der Waals surface area contributed by atoms with E-state index in [0.717, 1.165) is 4.68 Å². The number of hydrogen-bond donors (Lipinski definition) is 1. The van der Waals surface area contributed by atoms with E-state index < -0.39 is 24.2 Å². The van der Waals surface area contributed by atoms with Crippen molar-refractivity contribution >= 4 is 23.3 Å². The van der Waals surface area contributed by atoms with Crippen molar-refractivity contribution in [3.63, 3.8) is 0 Å². The predicted octanol–water partition coefficient (Wildman–Crippen LogP) is 4.18. The van der Waals surface area contributed by atoms with E-state index in [1.54, 1.807) is 24.3 Å². The highest BCUT2D eigenvalue weighted by Crippen LogP contribution is 2.43. The third-order valence-electron chi connectivity index (χ3n) is 4.59. The van der Waals surface area contributed by atoms with E-state index in [4.69, 9.17) is 16.9 Å². The Labute approximate surface area is 164 Å². The van der Waals surface area contributed by atoms with Gasteiger partial charge in [-0.15, -0.1) is 0 Å². The molecular formula is C18H17ClF3N5O. The molecule has 0 saturated heterocycles. The Morgan fingerprint density at radius 2 is 2.11 bits per heavy atom. The fourth-order valence-electron chi connectivity index (χ4n) is 3.11. The molecule has 148 valence electrons. The van der Waals surface area contributed by atoms with E-state index in [0.29, 0.717) is 10.6 Å². The Hall–Kier alpha value is -2.73. The van der Waals surface area contributed by atoms with Gasteiger partial charge in [0.2, 0.25) is 0 Å². The molecule has 2 heterocycles. The summed E-state index contributed by atoms with van der Waals surface area (Å²) in [6, 6.07) is 7.33. The zero-order chi connectivity index (χ0) is 20.5. The van der Waals surface area contributed by atoms with E-state index in [9.17, 15) is 18.0 Å². The number of alkyl halides is 3. The lowest BCUT2D eigenvalue weighted by molar-refractivity contribution is -0.173. The van der Waals surface area contributed by atoms with Crippen LogP contribution in [0.3, 0.4) is 0 Å². The lowest BCUT2D eigenvalue weighted by Crippen LogP contribution is -2.36. The summed E-state index contributed by atoms with van der Waals surface area (Å²) in [4.78, 5) is 13.7. The van der Waals surface area contributed by atoms with Crippen LogP contribution in [0.4, 0.5) is 19.0 Å². The average molecular weight is 412 g/mol. The molecule has 0 bridgehead atoms. The molecule has 1 N–H and O–H groups in total. The van der Waals surface area contributed by atoms with E-state index in [1.807, 2.05) is 6.07 Å². The van der Waals surface area contributed by atoms with Gasteiger partial charge in [0.15, 0.2) is 11.7 Å². The minimum atomic E-state index is -4.53. The van der Waals surface area contributed by atoms with Crippen LogP contribution in [-0.4, -0.2) is 40.4 Å². The van der Waals surface area contributed by atoms with Gasteiger partial charge in [0.1, 0.15) is 5.82 Å². The van der Waals surface area contributed by atoms with Crippen LogP contribution in [-0.2, 0) is 0 Å². The van der Waals surface area contributed by atoms with Gasteiger partial charge in [-0.3, -0.25) is 4.79 Å². The fraction of sp³-hybridized carbons (Fsp3) is 0.389. The lowest BCUT2D eigenvalue weighted by atomic mass is 9.97. The van der Waals surface area contributed by atoms with Gasteiger partial charge in [-0.1, -0.05) is 23.7 Å². The number of anilines is 1. The van der Waals surface area contributed by atoms with Gasteiger partial charge in [-0.05, 0) is 17.7 Å². The van der Waals surface area contributed by atoms with Crippen LogP contribution in [0.5, 0.6) is 0 Å². The van der Waals surface area contributed by atoms with Crippen LogP contribution in [0.1, 0.15) is 41.0 Å². The summed E-state index contributed by atoms with van der Waals surface area (Å²) in [6.07, 6.45) is -4.67. The van der Waals surface area contributed by atoms with Crippen molar-refractivity contribution in [3.05, 3.63) is 46.6 Å². The van der Waals surface area contributed by atoms with Gasteiger partial charge in [-0.25, -0.2) is 4.68 Å². The molecule has 1 amide bonds. The van der Waals surface area contributed by atoms with Gasteiger partial charge in [0.25, 0.3) is 5.91 Å². The van der Waals surface area contributed by atoms with Crippen LogP contribution in [0.25, 0.3) is 0 Å². The number of halogens is 4. The number of fused-ring (bicyclic) bond motifs is 1. The third kappa shape index (κ3) is 4.07. The number of aromatic nitrogens is 2. The van der Waals surface area contributed by atoms with Gasteiger partial charge >= 0.3 is 6.18 Å². The fourth-order valence-corrected chi connectivity index (χ4v) is 3.23. The first-order valence-electron chi connectivity index (χ1n) is 8.51. The molecule has 10 heteroatoms. The summed E-state index contributed by atoms with van der Waals surface area (Å²) >= 11 is 5.86. The first-order chi connectivity index (χ1) is 13.2. The zero-order valence-corrected chi connectivity index (χ0v) is 15.6. The van der Waals surface area contributed by atoms with E-state index in [2.05, 4.69) is 10.4 Å². The second-order valence-electron chi connectivity index (χ2n) is 6.54. The van der Waals surface area contributed by atoms with E-state index in [1.165, 1.54) is 18.0 Å². The second kappa shape index (κ2) is 7.72. The summed E-state index contributed by atoms with van der Waals surface area (Å²) in [6.45, 7) is 0.168. The summed E-state index contributed by atoms with van der Waals surface area (Å²) in [5.41, 5.74) is 0.555. The summed E-state index contributed by atoms with van der Waals surface area (Å²) < 4.78 is 41.8. The maximum absolute atomic E-state index is 13.7. The SMILES string of the molecule is CN(CCC#N)C(=O)c1cc2n(n1)C(C(F)(F)F)CC(c1ccc(Cl)cc1)N2. The summed E-state index contributed by atoms with van der Waals surface area (Å²) in [7, 11) is 1.48. The van der Waals surface area contributed by atoms with E-state index >= 15 is 0 Å². The summed E-state index contributed by atoms with van der Waals surface area (Å²) in [5, 5.41) is 16.1. The molecule has 1 aliphatic rings. The van der Waals surface area contributed by atoms with Crippen molar-refractivity contribution in [1.29, 1.82) is 5.26 Å². The minimum absolute atomic E-state index is 0.103.